The molecule has 0 spiro atoms. The van der Waals surface area contributed by atoms with E-state index in [2.05, 4.69) is 5.32 Å². The molecule has 7 heteroatoms. The summed E-state index contributed by atoms with van der Waals surface area (Å²) in [5.74, 6) is 1.22. The van der Waals surface area contributed by atoms with Crippen molar-refractivity contribution < 1.29 is 27.4 Å². The Morgan fingerprint density at radius 3 is 2.10 bits per heavy atom. The molecule has 0 aliphatic heterocycles. The maximum atomic E-state index is 12.9. The number of rotatable bonds is 6. The Balaban J connectivity index is 2.21. The highest BCUT2D eigenvalue weighted by molar-refractivity contribution is 5.55. The molecule has 0 aromatic heterocycles. The van der Waals surface area contributed by atoms with E-state index in [0.29, 0.717) is 22.8 Å². The Bertz CT molecular complexity index is 513. The summed E-state index contributed by atoms with van der Waals surface area (Å²) in [6.45, 7) is 0.0447. The number of hydrogen-bond donors (Lipinski definition) is 1. The van der Waals surface area contributed by atoms with Crippen LogP contribution in [-0.2, 0) is 6.54 Å². The molecule has 0 saturated heterocycles. The van der Waals surface area contributed by atoms with Crippen LogP contribution in [0.15, 0.2) is 12.1 Å². The summed E-state index contributed by atoms with van der Waals surface area (Å²) in [7, 11) is 4.38. The number of alkyl halides is 3. The molecular weight excluding hydrogens is 287 g/mol. The lowest BCUT2D eigenvalue weighted by molar-refractivity contribution is -0.166. The zero-order valence-electron chi connectivity index (χ0n) is 12.1. The van der Waals surface area contributed by atoms with Crippen LogP contribution < -0.4 is 19.5 Å². The van der Waals surface area contributed by atoms with Crippen LogP contribution in [0.5, 0.6) is 17.2 Å². The van der Waals surface area contributed by atoms with Crippen LogP contribution in [-0.4, -0.2) is 33.0 Å². The van der Waals surface area contributed by atoms with Gasteiger partial charge in [0.1, 0.15) is 5.54 Å². The number of nitrogens with one attached hydrogen (secondary N) is 1. The smallest absolute Gasteiger partial charge is 0.406 e. The van der Waals surface area contributed by atoms with Crippen molar-refractivity contribution in [2.75, 3.05) is 21.3 Å². The standard InChI is InChI=1S/C14H18F3NO3/c1-19-10-5-4-9(11(20-2)12(10)21-3)8-18-13(6-7-13)14(15,16)17/h4-5,18H,6-8H2,1-3H3. The first-order valence-corrected chi connectivity index (χ1v) is 6.48. The minimum atomic E-state index is -4.24. The first-order valence-electron chi connectivity index (χ1n) is 6.48. The van der Waals surface area contributed by atoms with Crippen molar-refractivity contribution in [3.63, 3.8) is 0 Å². The Morgan fingerprint density at radius 2 is 1.67 bits per heavy atom. The second-order valence-corrected chi connectivity index (χ2v) is 4.93. The Hall–Kier alpha value is -1.63. The molecule has 0 radical (unpaired) electrons. The van der Waals surface area contributed by atoms with E-state index in [1.807, 2.05) is 0 Å². The van der Waals surface area contributed by atoms with Gasteiger partial charge in [-0.1, -0.05) is 6.07 Å². The van der Waals surface area contributed by atoms with Crippen molar-refractivity contribution >= 4 is 0 Å². The molecule has 0 amide bonds. The predicted octanol–water partition coefficient (Wildman–Crippen LogP) is 2.90. The lowest BCUT2D eigenvalue weighted by atomic mass is 10.1. The van der Waals surface area contributed by atoms with Gasteiger partial charge in [-0.05, 0) is 18.9 Å². The molecule has 1 fully saturated rings. The van der Waals surface area contributed by atoms with E-state index in [9.17, 15) is 13.2 Å². The highest BCUT2D eigenvalue weighted by Crippen LogP contribution is 2.49. The first kappa shape index (κ1) is 15.8. The second kappa shape index (κ2) is 5.63. The SMILES string of the molecule is COc1ccc(CNC2(C(F)(F)F)CC2)c(OC)c1OC. The van der Waals surface area contributed by atoms with Crippen LogP contribution in [0.25, 0.3) is 0 Å². The van der Waals surface area contributed by atoms with Gasteiger partial charge < -0.3 is 14.2 Å². The fourth-order valence-electron chi connectivity index (χ4n) is 2.25. The average molecular weight is 305 g/mol. The molecule has 1 N–H and O–H groups in total. The molecule has 0 unspecified atom stereocenters. The molecule has 1 aliphatic rings. The molecular formula is C14H18F3NO3. The van der Waals surface area contributed by atoms with E-state index in [0.717, 1.165) is 0 Å². The topological polar surface area (TPSA) is 39.7 Å². The van der Waals surface area contributed by atoms with Crippen molar-refractivity contribution in [3.8, 4) is 17.2 Å². The van der Waals surface area contributed by atoms with E-state index in [1.54, 1.807) is 12.1 Å². The fourth-order valence-corrected chi connectivity index (χ4v) is 2.25. The summed E-state index contributed by atoms with van der Waals surface area (Å²) in [5, 5.41) is 2.59. The minimum Gasteiger partial charge on any atom is -0.493 e. The maximum Gasteiger partial charge on any atom is 0.406 e. The summed E-state index contributed by atoms with van der Waals surface area (Å²) in [5.41, 5.74) is -1.17. The van der Waals surface area contributed by atoms with Crippen molar-refractivity contribution in [2.24, 2.45) is 0 Å². The van der Waals surface area contributed by atoms with Crippen molar-refractivity contribution in [3.05, 3.63) is 17.7 Å². The quantitative estimate of drug-likeness (QED) is 0.877. The van der Waals surface area contributed by atoms with Crippen LogP contribution in [0.3, 0.4) is 0 Å². The highest BCUT2D eigenvalue weighted by atomic mass is 19.4. The molecule has 0 bridgehead atoms. The van der Waals surface area contributed by atoms with Gasteiger partial charge in [0.15, 0.2) is 11.5 Å². The van der Waals surface area contributed by atoms with E-state index in [4.69, 9.17) is 14.2 Å². The van der Waals surface area contributed by atoms with Crippen molar-refractivity contribution in [1.29, 1.82) is 0 Å². The fraction of sp³-hybridized carbons (Fsp3) is 0.571. The molecule has 1 aliphatic carbocycles. The second-order valence-electron chi connectivity index (χ2n) is 4.93. The largest absolute Gasteiger partial charge is 0.493 e. The van der Waals surface area contributed by atoms with Gasteiger partial charge in [-0.15, -0.1) is 0 Å². The predicted molar refractivity (Wildman–Crippen MR) is 71.0 cm³/mol. The molecule has 21 heavy (non-hydrogen) atoms. The van der Waals surface area contributed by atoms with Gasteiger partial charge in [-0.2, -0.15) is 13.2 Å². The van der Waals surface area contributed by atoms with Gasteiger partial charge in [0, 0.05) is 12.1 Å². The van der Waals surface area contributed by atoms with Gasteiger partial charge in [-0.3, -0.25) is 5.32 Å². The van der Waals surface area contributed by atoms with Gasteiger partial charge in [-0.25, -0.2) is 0 Å². The van der Waals surface area contributed by atoms with Crippen LogP contribution in [0.4, 0.5) is 13.2 Å². The van der Waals surface area contributed by atoms with Crippen LogP contribution in [0.1, 0.15) is 18.4 Å². The van der Waals surface area contributed by atoms with E-state index in [1.165, 1.54) is 21.3 Å². The lowest BCUT2D eigenvalue weighted by Crippen LogP contribution is -2.44. The third kappa shape index (κ3) is 2.88. The lowest BCUT2D eigenvalue weighted by Gasteiger charge is -2.22. The summed E-state index contributed by atoms with van der Waals surface area (Å²) in [4.78, 5) is 0. The van der Waals surface area contributed by atoms with Gasteiger partial charge in [0.25, 0.3) is 0 Å². The molecule has 1 aromatic rings. The third-order valence-corrected chi connectivity index (χ3v) is 3.70. The van der Waals surface area contributed by atoms with E-state index in [-0.39, 0.29) is 19.4 Å². The summed E-state index contributed by atoms with van der Waals surface area (Å²) < 4.78 is 54.3. The number of hydrogen-bond acceptors (Lipinski definition) is 4. The summed E-state index contributed by atoms with van der Waals surface area (Å²) in [6, 6.07) is 3.31. The summed E-state index contributed by atoms with van der Waals surface area (Å²) in [6.07, 6.45) is -4.03. The maximum absolute atomic E-state index is 12.9. The molecule has 2 rings (SSSR count). The molecule has 4 nitrogen and oxygen atoms in total. The molecule has 1 saturated carbocycles. The number of methoxy groups -OCH3 is 3. The molecule has 118 valence electrons. The van der Waals surface area contributed by atoms with Crippen molar-refractivity contribution in [1.82, 2.24) is 5.32 Å². The molecule has 0 atom stereocenters. The first-order chi connectivity index (χ1) is 9.88. The Morgan fingerprint density at radius 1 is 1.05 bits per heavy atom. The minimum absolute atomic E-state index is 0.0447. The van der Waals surface area contributed by atoms with E-state index >= 15 is 0 Å². The zero-order valence-corrected chi connectivity index (χ0v) is 12.1. The van der Waals surface area contributed by atoms with Crippen LogP contribution in [0, 0.1) is 0 Å². The Labute approximate surface area is 121 Å². The molecule has 1 aromatic carbocycles. The van der Waals surface area contributed by atoms with Crippen LogP contribution >= 0.6 is 0 Å². The Kier molecular flexibility index (Phi) is 4.22. The zero-order chi connectivity index (χ0) is 15.7. The monoisotopic (exact) mass is 305 g/mol. The van der Waals surface area contributed by atoms with E-state index < -0.39 is 11.7 Å². The van der Waals surface area contributed by atoms with Crippen molar-refractivity contribution in [2.45, 2.75) is 31.1 Å². The average Bonchev–Trinajstić information content (AvgIpc) is 3.24. The normalized spacial score (nSPS) is 16.5. The molecule has 0 heterocycles. The highest BCUT2D eigenvalue weighted by Gasteiger charge is 2.62. The van der Waals surface area contributed by atoms with Gasteiger partial charge in [0.2, 0.25) is 5.75 Å². The van der Waals surface area contributed by atoms with Gasteiger partial charge in [0.05, 0.1) is 21.3 Å². The third-order valence-electron chi connectivity index (χ3n) is 3.70. The van der Waals surface area contributed by atoms with Crippen LogP contribution in [0.2, 0.25) is 0 Å². The summed E-state index contributed by atoms with van der Waals surface area (Å²) >= 11 is 0. The number of halogens is 3. The number of ether oxygens (including phenoxy) is 3. The number of benzene rings is 1. The van der Waals surface area contributed by atoms with Gasteiger partial charge >= 0.3 is 6.18 Å².